The number of ether oxygens (including phenoxy) is 1. The third-order valence-electron chi connectivity index (χ3n) is 4.52. The molecule has 0 atom stereocenters. The quantitative estimate of drug-likeness (QED) is 0.458. The zero-order chi connectivity index (χ0) is 20.2. The Hall–Kier alpha value is -3.00. The summed E-state index contributed by atoms with van der Waals surface area (Å²) in [5.41, 5.74) is 0.796. The zero-order valence-corrected chi connectivity index (χ0v) is 15.9. The Kier molecular flexibility index (Phi) is 4.30. The molecule has 2 heterocycles. The standard InChI is InChI=1S/C19H14ClF3N4O/c1-9-14(15-10(21)8-13(28-3)16(20)17(15)22)18(26(2)25-9)27-12-7-5-4-6-11(12)24-19(27)23/h4-8H,1-3H3. The number of nitrogens with zero attached hydrogens (tertiary/aromatic N) is 4. The van der Waals surface area contributed by atoms with Crippen LogP contribution in [0.4, 0.5) is 13.2 Å². The number of para-hydroxylation sites is 2. The van der Waals surface area contributed by atoms with Crippen molar-refractivity contribution in [3.8, 4) is 22.7 Å². The largest absolute Gasteiger partial charge is 0.495 e. The van der Waals surface area contributed by atoms with E-state index in [1.165, 1.54) is 16.4 Å². The molecule has 0 N–H and O–H groups in total. The molecule has 0 radical (unpaired) electrons. The molecule has 0 aliphatic carbocycles. The van der Waals surface area contributed by atoms with Crippen molar-refractivity contribution in [1.82, 2.24) is 19.3 Å². The first-order valence-corrected chi connectivity index (χ1v) is 8.61. The Morgan fingerprint density at radius 2 is 1.82 bits per heavy atom. The fourth-order valence-electron chi connectivity index (χ4n) is 3.34. The van der Waals surface area contributed by atoms with Crippen LogP contribution in [-0.2, 0) is 7.05 Å². The van der Waals surface area contributed by atoms with Gasteiger partial charge in [-0.15, -0.1) is 0 Å². The van der Waals surface area contributed by atoms with Gasteiger partial charge in [0.2, 0.25) is 0 Å². The number of methoxy groups -OCH3 is 1. The molecule has 4 aromatic rings. The van der Waals surface area contributed by atoms with E-state index in [1.807, 2.05) is 0 Å². The highest BCUT2D eigenvalue weighted by Gasteiger charge is 2.28. The van der Waals surface area contributed by atoms with Gasteiger partial charge in [0.25, 0.3) is 6.08 Å². The molecule has 0 saturated heterocycles. The van der Waals surface area contributed by atoms with E-state index in [0.29, 0.717) is 16.7 Å². The van der Waals surface area contributed by atoms with Gasteiger partial charge in [-0.3, -0.25) is 9.25 Å². The lowest BCUT2D eigenvalue weighted by Gasteiger charge is -2.13. The summed E-state index contributed by atoms with van der Waals surface area (Å²) >= 11 is 6.00. The zero-order valence-electron chi connectivity index (χ0n) is 15.1. The van der Waals surface area contributed by atoms with Crippen LogP contribution < -0.4 is 4.74 Å². The minimum Gasteiger partial charge on any atom is -0.495 e. The van der Waals surface area contributed by atoms with Crippen LogP contribution >= 0.6 is 11.6 Å². The maximum absolute atomic E-state index is 15.0. The lowest BCUT2D eigenvalue weighted by Crippen LogP contribution is -2.07. The van der Waals surface area contributed by atoms with Gasteiger partial charge >= 0.3 is 0 Å². The lowest BCUT2D eigenvalue weighted by atomic mass is 10.0. The highest BCUT2D eigenvalue weighted by molar-refractivity contribution is 6.32. The van der Waals surface area contributed by atoms with Crippen molar-refractivity contribution >= 4 is 22.6 Å². The number of rotatable bonds is 3. The molecule has 144 valence electrons. The van der Waals surface area contributed by atoms with Crippen molar-refractivity contribution in [2.24, 2.45) is 7.05 Å². The van der Waals surface area contributed by atoms with Crippen LogP contribution in [0.15, 0.2) is 30.3 Å². The van der Waals surface area contributed by atoms with Crippen LogP contribution in [0.1, 0.15) is 5.69 Å². The summed E-state index contributed by atoms with van der Waals surface area (Å²) in [6.07, 6.45) is -0.828. The first-order valence-electron chi connectivity index (χ1n) is 8.24. The van der Waals surface area contributed by atoms with Gasteiger partial charge in [-0.05, 0) is 19.1 Å². The van der Waals surface area contributed by atoms with E-state index in [2.05, 4.69) is 10.1 Å². The Bertz CT molecular complexity index is 1230. The molecule has 28 heavy (non-hydrogen) atoms. The summed E-state index contributed by atoms with van der Waals surface area (Å²) in [6.45, 7) is 1.58. The van der Waals surface area contributed by atoms with Crippen molar-refractivity contribution in [3.05, 3.63) is 58.8 Å². The van der Waals surface area contributed by atoms with Gasteiger partial charge in [0, 0.05) is 13.1 Å². The first-order chi connectivity index (χ1) is 13.3. The molecule has 4 rings (SSSR count). The third kappa shape index (κ3) is 2.56. The van der Waals surface area contributed by atoms with Crippen LogP contribution in [0.3, 0.4) is 0 Å². The van der Waals surface area contributed by atoms with Crippen molar-refractivity contribution in [2.75, 3.05) is 7.11 Å². The number of imidazole rings is 1. The van der Waals surface area contributed by atoms with E-state index < -0.39 is 23.3 Å². The van der Waals surface area contributed by atoms with E-state index in [1.54, 1.807) is 38.2 Å². The fraction of sp³-hybridized carbons (Fsp3) is 0.158. The molecule has 9 heteroatoms. The fourth-order valence-corrected chi connectivity index (χ4v) is 3.57. The lowest BCUT2D eigenvalue weighted by molar-refractivity contribution is 0.407. The molecule has 2 aromatic carbocycles. The number of hydrogen-bond donors (Lipinski definition) is 0. The monoisotopic (exact) mass is 406 g/mol. The molecule has 0 bridgehead atoms. The van der Waals surface area contributed by atoms with Crippen LogP contribution in [-0.4, -0.2) is 26.4 Å². The third-order valence-corrected chi connectivity index (χ3v) is 4.87. The van der Waals surface area contributed by atoms with Gasteiger partial charge < -0.3 is 4.74 Å². The molecule has 2 aromatic heterocycles. The second-order valence-electron chi connectivity index (χ2n) is 6.18. The highest BCUT2D eigenvalue weighted by atomic mass is 35.5. The summed E-state index contributed by atoms with van der Waals surface area (Å²) < 4.78 is 52.0. The topological polar surface area (TPSA) is 44.9 Å². The Labute approximate surface area is 162 Å². The molecule has 0 unspecified atom stereocenters. The molecule has 5 nitrogen and oxygen atoms in total. The highest BCUT2D eigenvalue weighted by Crippen LogP contribution is 2.41. The molecule has 0 spiro atoms. The molecule has 0 aliphatic heterocycles. The average molecular weight is 407 g/mol. The number of halogens is 4. The van der Waals surface area contributed by atoms with Crippen molar-refractivity contribution in [2.45, 2.75) is 6.92 Å². The van der Waals surface area contributed by atoms with Crippen LogP contribution in [0.2, 0.25) is 5.02 Å². The van der Waals surface area contributed by atoms with Crippen molar-refractivity contribution in [3.63, 3.8) is 0 Å². The predicted molar refractivity (Wildman–Crippen MR) is 99.4 cm³/mol. The van der Waals surface area contributed by atoms with E-state index in [9.17, 15) is 8.78 Å². The maximum atomic E-state index is 15.0. The predicted octanol–water partition coefficient (Wildman–Crippen LogP) is 4.81. The second-order valence-corrected chi connectivity index (χ2v) is 6.55. The molecular formula is C19H14ClF3N4O. The number of aromatic nitrogens is 4. The Balaban J connectivity index is 2.10. The summed E-state index contributed by atoms with van der Waals surface area (Å²) in [4.78, 5) is 3.89. The number of aryl methyl sites for hydroxylation is 2. The first kappa shape index (κ1) is 18.4. The van der Waals surface area contributed by atoms with Gasteiger partial charge in [0.1, 0.15) is 22.4 Å². The maximum Gasteiger partial charge on any atom is 0.296 e. The van der Waals surface area contributed by atoms with Crippen molar-refractivity contribution < 1.29 is 17.9 Å². The Morgan fingerprint density at radius 3 is 2.54 bits per heavy atom. The number of fused-ring (bicyclic) bond motifs is 1. The molecule has 0 saturated carbocycles. The van der Waals surface area contributed by atoms with Gasteiger partial charge in [-0.1, -0.05) is 23.7 Å². The minimum atomic E-state index is -1.01. The van der Waals surface area contributed by atoms with Gasteiger partial charge in [0.15, 0.2) is 5.82 Å². The smallest absolute Gasteiger partial charge is 0.296 e. The van der Waals surface area contributed by atoms with E-state index in [0.717, 1.165) is 6.07 Å². The molecule has 0 aliphatic rings. The Morgan fingerprint density at radius 1 is 1.11 bits per heavy atom. The van der Waals surface area contributed by atoms with Gasteiger partial charge in [-0.2, -0.15) is 9.49 Å². The SMILES string of the molecule is COc1cc(F)c(-c2c(C)nn(C)c2-n2c(F)nc3ccccc32)c(F)c1Cl. The summed E-state index contributed by atoms with van der Waals surface area (Å²) in [5.74, 6) is -1.92. The molecule has 0 amide bonds. The average Bonchev–Trinajstić information content (AvgIpc) is 3.13. The van der Waals surface area contributed by atoms with Crippen LogP contribution in [0, 0.1) is 24.6 Å². The summed E-state index contributed by atoms with van der Waals surface area (Å²) in [7, 11) is 2.81. The number of benzene rings is 2. The van der Waals surface area contributed by atoms with Crippen LogP contribution in [0.5, 0.6) is 5.75 Å². The second kappa shape index (κ2) is 6.56. The van der Waals surface area contributed by atoms with E-state index in [-0.39, 0.29) is 22.2 Å². The summed E-state index contributed by atoms with van der Waals surface area (Å²) in [6, 6.07) is 7.72. The van der Waals surface area contributed by atoms with Gasteiger partial charge in [0.05, 0.1) is 35.0 Å². The molecule has 0 fully saturated rings. The van der Waals surface area contributed by atoms with Gasteiger partial charge in [-0.25, -0.2) is 13.8 Å². The van der Waals surface area contributed by atoms with Crippen molar-refractivity contribution in [1.29, 1.82) is 0 Å². The van der Waals surface area contributed by atoms with E-state index in [4.69, 9.17) is 16.3 Å². The minimum absolute atomic E-state index is 0.0732. The normalized spacial score (nSPS) is 11.4. The van der Waals surface area contributed by atoms with Crippen LogP contribution in [0.25, 0.3) is 28.0 Å². The van der Waals surface area contributed by atoms with E-state index >= 15 is 4.39 Å². The summed E-state index contributed by atoms with van der Waals surface area (Å²) in [5, 5.41) is 3.87. The molecular weight excluding hydrogens is 393 g/mol. The number of hydrogen-bond acceptors (Lipinski definition) is 3.